The molecule has 116 valence electrons. The van der Waals surface area contributed by atoms with Crippen LogP contribution in [0.25, 0.3) is 5.70 Å². The SMILES string of the molecule is C=C(NNC(=O)c1n[nH]c([N+](=O)[O-])c1Cl)c1ccnn1CC. The summed E-state index contributed by atoms with van der Waals surface area (Å²) in [6.07, 6.45) is 1.60. The van der Waals surface area contributed by atoms with E-state index >= 15 is 0 Å². The third-order valence-corrected chi connectivity index (χ3v) is 3.10. The number of aryl methyl sites for hydroxylation is 1. The highest BCUT2D eigenvalue weighted by Crippen LogP contribution is 2.24. The zero-order valence-electron chi connectivity index (χ0n) is 11.5. The van der Waals surface area contributed by atoms with Gasteiger partial charge in [0.05, 0.1) is 11.4 Å². The van der Waals surface area contributed by atoms with Crippen LogP contribution < -0.4 is 10.9 Å². The maximum Gasteiger partial charge on any atom is 0.362 e. The Hall–Kier alpha value is -2.88. The molecule has 2 aromatic rings. The van der Waals surface area contributed by atoms with Gasteiger partial charge in [0.15, 0.2) is 10.7 Å². The van der Waals surface area contributed by atoms with E-state index in [9.17, 15) is 14.9 Å². The molecule has 0 radical (unpaired) electrons. The highest BCUT2D eigenvalue weighted by molar-refractivity contribution is 6.35. The Bertz CT molecular complexity index is 736. The molecule has 3 N–H and O–H groups in total. The largest absolute Gasteiger partial charge is 0.362 e. The maximum atomic E-state index is 11.9. The molecule has 0 unspecified atom stereocenters. The van der Waals surface area contributed by atoms with E-state index in [1.165, 1.54) is 0 Å². The standard InChI is InChI=1S/C11H12ClN7O3/c1-3-18-7(4-5-13-18)6(2)14-17-11(20)9-8(12)10(16-15-9)19(21)22/h4-5,14H,2-3H2,1H3,(H,15,16)(H,17,20). The molecule has 2 heterocycles. The number of nitrogens with one attached hydrogen (secondary N) is 3. The van der Waals surface area contributed by atoms with Crippen LogP contribution in [0.3, 0.4) is 0 Å². The van der Waals surface area contributed by atoms with Gasteiger partial charge in [0.2, 0.25) is 0 Å². The fourth-order valence-corrected chi connectivity index (χ4v) is 1.93. The minimum absolute atomic E-state index is 0.294. The fourth-order valence-electron chi connectivity index (χ4n) is 1.69. The summed E-state index contributed by atoms with van der Waals surface area (Å²) in [4.78, 5) is 21.8. The van der Waals surface area contributed by atoms with Crippen LogP contribution in [0, 0.1) is 10.1 Å². The predicted molar refractivity (Wildman–Crippen MR) is 77.8 cm³/mol. The lowest BCUT2D eigenvalue weighted by atomic mass is 10.3. The summed E-state index contributed by atoms with van der Waals surface area (Å²) in [6, 6.07) is 1.72. The van der Waals surface area contributed by atoms with Gasteiger partial charge in [-0.05, 0) is 17.9 Å². The summed E-state index contributed by atoms with van der Waals surface area (Å²) in [5, 5.41) is 19.9. The topological polar surface area (TPSA) is 131 Å². The van der Waals surface area contributed by atoms with Crippen molar-refractivity contribution in [2.45, 2.75) is 13.5 Å². The number of carbonyl (C=O) groups is 1. The minimum Gasteiger partial charge on any atom is -0.358 e. The van der Waals surface area contributed by atoms with Crippen molar-refractivity contribution < 1.29 is 9.72 Å². The van der Waals surface area contributed by atoms with Gasteiger partial charge >= 0.3 is 5.82 Å². The number of hydrogen-bond acceptors (Lipinski definition) is 6. The number of aromatic amines is 1. The normalized spacial score (nSPS) is 10.3. The highest BCUT2D eigenvalue weighted by atomic mass is 35.5. The predicted octanol–water partition coefficient (Wildman–Crippen LogP) is 1.09. The number of aromatic nitrogens is 4. The summed E-state index contributed by atoms with van der Waals surface area (Å²) < 4.78 is 1.67. The molecular weight excluding hydrogens is 314 g/mol. The second-order valence-corrected chi connectivity index (χ2v) is 4.46. The van der Waals surface area contributed by atoms with E-state index in [4.69, 9.17) is 11.6 Å². The lowest BCUT2D eigenvalue weighted by Gasteiger charge is -2.11. The van der Waals surface area contributed by atoms with Crippen LogP contribution in [0.5, 0.6) is 0 Å². The van der Waals surface area contributed by atoms with Gasteiger partial charge in [-0.25, -0.2) is 0 Å². The van der Waals surface area contributed by atoms with Crippen molar-refractivity contribution in [3.8, 4) is 0 Å². The van der Waals surface area contributed by atoms with E-state index in [2.05, 4.69) is 32.7 Å². The number of hydrazine groups is 1. The van der Waals surface area contributed by atoms with Crippen LogP contribution in [0.1, 0.15) is 23.1 Å². The third kappa shape index (κ3) is 2.91. The third-order valence-electron chi connectivity index (χ3n) is 2.74. The van der Waals surface area contributed by atoms with Gasteiger partial charge in [0, 0.05) is 12.7 Å². The monoisotopic (exact) mass is 325 g/mol. The van der Waals surface area contributed by atoms with E-state index in [1.54, 1.807) is 16.9 Å². The second kappa shape index (κ2) is 6.26. The van der Waals surface area contributed by atoms with Crippen molar-refractivity contribution >= 4 is 29.0 Å². The Balaban J connectivity index is 2.04. The molecule has 2 rings (SSSR count). The Morgan fingerprint density at radius 1 is 1.59 bits per heavy atom. The van der Waals surface area contributed by atoms with Crippen molar-refractivity contribution in [3.63, 3.8) is 0 Å². The van der Waals surface area contributed by atoms with E-state index < -0.39 is 16.6 Å². The van der Waals surface area contributed by atoms with Crippen molar-refractivity contribution in [2.75, 3.05) is 0 Å². The Labute approximate surface area is 129 Å². The van der Waals surface area contributed by atoms with Gasteiger partial charge in [0.25, 0.3) is 5.91 Å². The summed E-state index contributed by atoms with van der Waals surface area (Å²) in [5.41, 5.74) is 5.68. The first-order valence-corrected chi connectivity index (χ1v) is 6.49. The maximum absolute atomic E-state index is 11.9. The first-order chi connectivity index (χ1) is 10.5. The van der Waals surface area contributed by atoms with Gasteiger partial charge in [-0.3, -0.25) is 20.3 Å². The van der Waals surface area contributed by atoms with Crippen LogP contribution in [-0.4, -0.2) is 30.8 Å². The molecule has 0 aromatic carbocycles. The number of carbonyl (C=O) groups excluding carboxylic acids is 1. The lowest BCUT2D eigenvalue weighted by molar-refractivity contribution is -0.389. The van der Waals surface area contributed by atoms with E-state index in [1.807, 2.05) is 6.92 Å². The van der Waals surface area contributed by atoms with Gasteiger partial charge < -0.3 is 10.1 Å². The van der Waals surface area contributed by atoms with E-state index in [-0.39, 0.29) is 10.7 Å². The van der Waals surface area contributed by atoms with Gasteiger partial charge in [0.1, 0.15) is 0 Å². The molecule has 0 atom stereocenters. The summed E-state index contributed by atoms with van der Waals surface area (Å²) >= 11 is 5.72. The molecule has 22 heavy (non-hydrogen) atoms. The second-order valence-electron chi connectivity index (χ2n) is 4.08. The Morgan fingerprint density at radius 2 is 2.32 bits per heavy atom. The molecule has 0 saturated carbocycles. The summed E-state index contributed by atoms with van der Waals surface area (Å²) in [5.74, 6) is -1.28. The van der Waals surface area contributed by atoms with Gasteiger partial charge in [-0.15, -0.1) is 5.10 Å². The number of halogens is 1. The number of rotatable bonds is 6. The summed E-state index contributed by atoms with van der Waals surface area (Å²) in [7, 11) is 0. The van der Waals surface area contributed by atoms with Crippen molar-refractivity contribution in [2.24, 2.45) is 0 Å². The lowest BCUT2D eigenvalue weighted by Crippen LogP contribution is -2.36. The zero-order chi connectivity index (χ0) is 16.3. The van der Waals surface area contributed by atoms with Crippen LogP contribution in [0.15, 0.2) is 18.8 Å². The molecule has 0 aliphatic rings. The molecule has 0 fully saturated rings. The number of amides is 1. The number of hydrogen-bond donors (Lipinski definition) is 3. The Kier molecular flexibility index (Phi) is 4.41. The minimum atomic E-state index is -0.766. The Morgan fingerprint density at radius 3 is 2.91 bits per heavy atom. The van der Waals surface area contributed by atoms with Crippen molar-refractivity contribution in [1.29, 1.82) is 0 Å². The molecule has 0 aliphatic carbocycles. The molecule has 0 aliphatic heterocycles. The smallest absolute Gasteiger partial charge is 0.358 e. The van der Waals surface area contributed by atoms with E-state index in [0.717, 1.165) is 0 Å². The van der Waals surface area contributed by atoms with Crippen molar-refractivity contribution in [1.82, 2.24) is 30.8 Å². The first-order valence-electron chi connectivity index (χ1n) is 6.11. The van der Waals surface area contributed by atoms with Gasteiger partial charge in [-0.2, -0.15) is 5.10 Å². The zero-order valence-corrected chi connectivity index (χ0v) is 12.2. The highest BCUT2D eigenvalue weighted by Gasteiger charge is 2.25. The van der Waals surface area contributed by atoms with Crippen LogP contribution >= 0.6 is 11.6 Å². The van der Waals surface area contributed by atoms with Crippen LogP contribution in [0.4, 0.5) is 5.82 Å². The summed E-state index contributed by atoms with van der Waals surface area (Å²) in [6.45, 7) is 6.31. The average molecular weight is 326 g/mol. The quantitative estimate of drug-likeness (QED) is 0.538. The number of H-pyrrole nitrogens is 1. The first kappa shape index (κ1) is 15.5. The van der Waals surface area contributed by atoms with Crippen molar-refractivity contribution in [3.05, 3.63) is 45.4 Å². The molecule has 0 spiro atoms. The van der Waals surface area contributed by atoms with E-state index in [0.29, 0.717) is 17.9 Å². The molecule has 0 bridgehead atoms. The number of nitro groups is 1. The average Bonchev–Trinajstić information content (AvgIpc) is 3.10. The molecule has 11 heteroatoms. The molecule has 2 aromatic heterocycles. The molecular formula is C11H12ClN7O3. The van der Waals surface area contributed by atoms with Crippen LogP contribution in [-0.2, 0) is 6.54 Å². The fraction of sp³-hybridized carbons (Fsp3) is 0.182. The molecule has 1 amide bonds. The molecule has 10 nitrogen and oxygen atoms in total. The number of nitrogens with zero attached hydrogens (tertiary/aromatic N) is 4. The molecule has 0 saturated heterocycles. The van der Waals surface area contributed by atoms with Gasteiger partial charge in [-0.1, -0.05) is 23.3 Å². The van der Waals surface area contributed by atoms with Crippen LogP contribution in [0.2, 0.25) is 5.02 Å².